The molecule has 1 fully saturated rings. The van der Waals surface area contributed by atoms with Gasteiger partial charge in [-0.05, 0) is 54.9 Å². The number of carbonyl (C=O) groups is 1. The SMILES string of the molecule is CC(C)(CCO)C[C@@H]1N[C@@H](C(=O)CCC[C@H](O)CO)[C@H](c2cccc(Cl)c2F)[C@@]1(C#N)c1ccc(Cl)cc1F. The van der Waals surface area contributed by atoms with Crippen LogP contribution in [0.2, 0.25) is 10.0 Å². The van der Waals surface area contributed by atoms with Crippen LogP contribution in [0.15, 0.2) is 36.4 Å². The lowest BCUT2D eigenvalue weighted by Gasteiger charge is -2.38. The van der Waals surface area contributed by atoms with Gasteiger partial charge in [-0.25, -0.2) is 8.78 Å². The van der Waals surface area contributed by atoms with Gasteiger partial charge in [-0.15, -0.1) is 0 Å². The molecule has 0 aliphatic carbocycles. The lowest BCUT2D eigenvalue weighted by Crippen LogP contribution is -2.45. The highest BCUT2D eigenvalue weighted by Crippen LogP contribution is 2.53. The number of Topliss-reactive ketones (excluding diaryl/α,β-unsaturated/α-hetero) is 1. The molecule has 3 rings (SSSR count). The lowest BCUT2D eigenvalue weighted by atomic mass is 9.62. The van der Waals surface area contributed by atoms with Crippen LogP contribution >= 0.6 is 23.2 Å². The first-order valence-electron chi connectivity index (χ1n) is 12.9. The number of rotatable bonds is 12. The van der Waals surface area contributed by atoms with E-state index >= 15 is 8.78 Å². The normalized spacial score (nSPS) is 23.9. The molecule has 2 aromatic rings. The third kappa shape index (κ3) is 6.62. The zero-order chi connectivity index (χ0) is 29.0. The summed E-state index contributed by atoms with van der Waals surface area (Å²) in [4.78, 5) is 13.7. The first-order valence-corrected chi connectivity index (χ1v) is 13.7. The van der Waals surface area contributed by atoms with E-state index in [1.54, 1.807) is 0 Å². The topological polar surface area (TPSA) is 114 Å². The van der Waals surface area contributed by atoms with Gasteiger partial charge in [-0.3, -0.25) is 4.79 Å². The van der Waals surface area contributed by atoms with E-state index in [2.05, 4.69) is 11.4 Å². The number of ketones is 1. The fraction of sp³-hybridized carbons (Fsp3) is 0.517. The van der Waals surface area contributed by atoms with Gasteiger partial charge in [-0.2, -0.15) is 5.26 Å². The minimum Gasteiger partial charge on any atom is -0.396 e. The van der Waals surface area contributed by atoms with Gasteiger partial charge in [0.2, 0.25) is 0 Å². The summed E-state index contributed by atoms with van der Waals surface area (Å²) in [6, 6.07) is 8.64. The first-order chi connectivity index (χ1) is 18.4. The Morgan fingerprint density at radius 3 is 2.56 bits per heavy atom. The molecular weight excluding hydrogens is 549 g/mol. The molecule has 1 heterocycles. The molecule has 0 saturated carbocycles. The third-order valence-corrected chi connectivity index (χ3v) is 8.22. The van der Waals surface area contributed by atoms with E-state index in [9.17, 15) is 20.3 Å². The van der Waals surface area contributed by atoms with Gasteiger partial charge in [-0.1, -0.05) is 55.2 Å². The van der Waals surface area contributed by atoms with Gasteiger partial charge in [0.05, 0.1) is 29.8 Å². The summed E-state index contributed by atoms with van der Waals surface area (Å²) in [6.45, 7) is 3.23. The number of aliphatic hydroxyl groups is 3. The Bertz CT molecular complexity index is 1220. The van der Waals surface area contributed by atoms with Crippen molar-refractivity contribution in [1.82, 2.24) is 5.32 Å². The average Bonchev–Trinajstić information content (AvgIpc) is 3.19. The van der Waals surface area contributed by atoms with Crippen molar-refractivity contribution in [3.05, 3.63) is 69.2 Å². The van der Waals surface area contributed by atoms with Gasteiger partial charge in [0, 0.05) is 35.6 Å². The van der Waals surface area contributed by atoms with Crippen molar-refractivity contribution >= 4 is 29.0 Å². The standard InChI is InChI=1S/C29H34Cl2F2N2O4/c1-28(2,11-12-36)14-24-29(16-34,20-10-9-17(30)13-22(20)32)25(19-6-4-7-21(31)26(19)33)27(35-24)23(39)8-3-5-18(38)15-37/h4,6-7,9-10,13,18,24-25,27,35-38H,3,5,8,11-12,14-15H2,1-2H3/t18-,24-,25-,27-,29-/m0/s1. The molecule has 0 spiro atoms. The molecule has 39 heavy (non-hydrogen) atoms. The fourth-order valence-corrected chi connectivity index (χ4v) is 6.05. The van der Waals surface area contributed by atoms with E-state index in [4.69, 9.17) is 28.3 Å². The number of nitriles is 1. The van der Waals surface area contributed by atoms with Crippen LogP contribution in [0.4, 0.5) is 8.78 Å². The van der Waals surface area contributed by atoms with E-state index in [0.29, 0.717) is 6.42 Å². The van der Waals surface area contributed by atoms with Gasteiger partial charge >= 0.3 is 0 Å². The van der Waals surface area contributed by atoms with Crippen LogP contribution in [0.1, 0.15) is 63.0 Å². The third-order valence-electron chi connectivity index (χ3n) is 7.70. The molecule has 0 unspecified atom stereocenters. The Morgan fingerprint density at radius 2 is 1.95 bits per heavy atom. The highest BCUT2D eigenvalue weighted by molar-refractivity contribution is 6.31. The maximum absolute atomic E-state index is 15.7. The molecule has 0 radical (unpaired) electrons. The molecule has 1 saturated heterocycles. The van der Waals surface area contributed by atoms with E-state index in [-0.39, 0.29) is 59.2 Å². The molecule has 1 aliphatic heterocycles. The van der Waals surface area contributed by atoms with Gasteiger partial charge in [0.25, 0.3) is 0 Å². The van der Waals surface area contributed by atoms with Crippen LogP contribution in [-0.2, 0) is 10.2 Å². The van der Waals surface area contributed by atoms with E-state index < -0.39 is 53.2 Å². The van der Waals surface area contributed by atoms with Crippen molar-refractivity contribution in [3.63, 3.8) is 0 Å². The Kier molecular flexibility index (Phi) is 10.5. The monoisotopic (exact) mass is 582 g/mol. The molecular formula is C29H34Cl2F2N2O4. The predicted molar refractivity (Wildman–Crippen MR) is 146 cm³/mol. The molecule has 0 aromatic heterocycles. The summed E-state index contributed by atoms with van der Waals surface area (Å²) in [5, 5.41) is 42.5. The molecule has 1 aliphatic rings. The lowest BCUT2D eigenvalue weighted by molar-refractivity contribution is -0.121. The summed E-state index contributed by atoms with van der Waals surface area (Å²) >= 11 is 12.2. The maximum Gasteiger partial charge on any atom is 0.150 e. The van der Waals surface area contributed by atoms with E-state index in [0.717, 1.165) is 6.07 Å². The quantitative estimate of drug-likeness (QED) is 0.278. The predicted octanol–water partition coefficient (Wildman–Crippen LogP) is 5.05. The Hall–Kier alpha value is -2.12. The zero-order valence-electron chi connectivity index (χ0n) is 21.9. The summed E-state index contributed by atoms with van der Waals surface area (Å²) in [5.41, 5.74) is -2.31. The number of nitrogens with one attached hydrogen (secondary N) is 1. The van der Waals surface area contributed by atoms with Crippen molar-refractivity contribution in [2.75, 3.05) is 13.2 Å². The van der Waals surface area contributed by atoms with Crippen molar-refractivity contribution < 1.29 is 28.9 Å². The minimum absolute atomic E-state index is 0.00195. The summed E-state index contributed by atoms with van der Waals surface area (Å²) in [5.74, 6) is -3.07. The number of nitrogens with zero attached hydrogens (tertiary/aromatic N) is 1. The summed E-state index contributed by atoms with van der Waals surface area (Å²) < 4.78 is 31.3. The number of hydrogen-bond donors (Lipinski definition) is 4. The van der Waals surface area contributed by atoms with Crippen molar-refractivity contribution in [1.29, 1.82) is 5.26 Å². The average molecular weight is 584 g/mol. The molecule has 4 N–H and O–H groups in total. The van der Waals surface area contributed by atoms with Crippen LogP contribution in [0.3, 0.4) is 0 Å². The second kappa shape index (κ2) is 13.0. The summed E-state index contributed by atoms with van der Waals surface area (Å²) in [7, 11) is 0. The van der Waals surface area contributed by atoms with Crippen LogP contribution in [0, 0.1) is 28.4 Å². The van der Waals surface area contributed by atoms with Crippen molar-refractivity contribution in [2.24, 2.45) is 5.41 Å². The summed E-state index contributed by atoms with van der Waals surface area (Å²) in [6.07, 6.45) is 0.0548. The maximum atomic E-state index is 15.7. The molecule has 2 aromatic carbocycles. The van der Waals surface area contributed by atoms with Crippen LogP contribution in [-0.4, -0.2) is 52.5 Å². The second-order valence-corrected chi connectivity index (χ2v) is 11.8. The highest BCUT2D eigenvalue weighted by atomic mass is 35.5. The number of carbonyl (C=O) groups excluding carboxylic acids is 1. The Balaban J connectivity index is 2.25. The Morgan fingerprint density at radius 1 is 1.23 bits per heavy atom. The molecule has 6 nitrogen and oxygen atoms in total. The highest BCUT2D eigenvalue weighted by Gasteiger charge is 2.61. The Labute approximate surface area is 237 Å². The number of halogens is 4. The molecule has 0 amide bonds. The largest absolute Gasteiger partial charge is 0.396 e. The molecule has 0 bridgehead atoms. The van der Waals surface area contributed by atoms with Crippen LogP contribution in [0.25, 0.3) is 0 Å². The van der Waals surface area contributed by atoms with Crippen LogP contribution < -0.4 is 5.32 Å². The van der Waals surface area contributed by atoms with Crippen molar-refractivity contribution in [3.8, 4) is 6.07 Å². The molecule has 10 heteroatoms. The van der Waals surface area contributed by atoms with Gasteiger partial charge in [0.15, 0.2) is 0 Å². The van der Waals surface area contributed by atoms with E-state index in [1.165, 1.54) is 30.3 Å². The number of hydrogen-bond acceptors (Lipinski definition) is 6. The zero-order valence-corrected chi connectivity index (χ0v) is 23.4. The van der Waals surface area contributed by atoms with Gasteiger partial charge < -0.3 is 20.6 Å². The molecule has 212 valence electrons. The second-order valence-electron chi connectivity index (χ2n) is 11.0. The minimum atomic E-state index is -1.75. The molecule has 5 atom stereocenters. The smallest absolute Gasteiger partial charge is 0.150 e. The van der Waals surface area contributed by atoms with Gasteiger partial charge in [0.1, 0.15) is 22.8 Å². The van der Waals surface area contributed by atoms with Crippen molar-refractivity contribution in [2.45, 2.75) is 75.5 Å². The van der Waals surface area contributed by atoms with E-state index in [1.807, 2.05) is 13.8 Å². The van der Waals surface area contributed by atoms with Crippen LogP contribution in [0.5, 0.6) is 0 Å². The first kappa shape index (κ1) is 31.4. The fourth-order valence-electron chi connectivity index (χ4n) is 5.71. The number of aliphatic hydroxyl groups excluding tert-OH is 3. The number of benzene rings is 2.